The molecule has 0 aliphatic rings. The smallest absolute Gasteiger partial charge is 0.291 e. The Balaban J connectivity index is 1.48. The maximum atomic E-state index is 13.8. The third-order valence-electron chi connectivity index (χ3n) is 4.71. The van der Waals surface area contributed by atoms with Crippen LogP contribution in [-0.4, -0.2) is 5.91 Å². The molecule has 0 bridgehead atoms. The second-order valence-corrected chi connectivity index (χ2v) is 7.46. The second-order valence-electron chi connectivity index (χ2n) is 7.02. The highest BCUT2D eigenvalue weighted by atomic mass is 35.5. The van der Waals surface area contributed by atoms with Crippen LogP contribution in [0.4, 0.5) is 14.5 Å². The average Bonchev–Trinajstić information content (AvgIpc) is 3.25. The molecule has 0 aliphatic heterocycles. The number of carbonyl (C=O) groups is 1. The number of furan rings is 1. The van der Waals surface area contributed by atoms with Crippen molar-refractivity contribution in [3.8, 4) is 5.75 Å². The van der Waals surface area contributed by atoms with E-state index >= 15 is 0 Å². The first-order valence-electron chi connectivity index (χ1n) is 9.79. The molecule has 32 heavy (non-hydrogen) atoms. The highest BCUT2D eigenvalue weighted by molar-refractivity contribution is 6.30. The van der Waals surface area contributed by atoms with Crippen molar-refractivity contribution in [2.24, 2.45) is 0 Å². The summed E-state index contributed by atoms with van der Waals surface area (Å²) in [5, 5.41) is 2.74. The minimum Gasteiger partial charge on any atom is -0.489 e. The summed E-state index contributed by atoms with van der Waals surface area (Å²) in [6.45, 7) is 0.384. The van der Waals surface area contributed by atoms with Crippen LogP contribution in [0.15, 0.2) is 83.3 Å². The van der Waals surface area contributed by atoms with Crippen LogP contribution in [0.2, 0.25) is 5.02 Å². The van der Waals surface area contributed by atoms with Crippen LogP contribution in [0, 0.1) is 11.6 Å². The van der Waals surface area contributed by atoms with Crippen molar-refractivity contribution in [1.82, 2.24) is 0 Å². The van der Waals surface area contributed by atoms with Crippen LogP contribution in [0.25, 0.3) is 0 Å². The zero-order chi connectivity index (χ0) is 22.5. The van der Waals surface area contributed by atoms with Gasteiger partial charge in [-0.1, -0.05) is 48.0 Å². The molecule has 0 spiro atoms. The van der Waals surface area contributed by atoms with E-state index in [9.17, 15) is 13.6 Å². The number of ether oxygens (including phenoxy) is 1. The number of amides is 1. The van der Waals surface area contributed by atoms with Gasteiger partial charge in [-0.25, -0.2) is 8.78 Å². The number of anilines is 1. The fraction of sp³-hybridized carbons (Fsp3) is 0.0800. The van der Waals surface area contributed by atoms with Crippen LogP contribution in [-0.2, 0) is 13.0 Å². The number of carbonyl (C=O) groups excluding carboxylic acids is 1. The van der Waals surface area contributed by atoms with Gasteiger partial charge in [-0.2, -0.15) is 0 Å². The minimum atomic E-state index is -0.871. The van der Waals surface area contributed by atoms with Crippen molar-refractivity contribution >= 4 is 23.2 Å². The zero-order valence-corrected chi connectivity index (χ0v) is 17.5. The SMILES string of the molecule is O=C(Nc1c(F)cccc1F)c1ccc(Cc2cc(Cl)ccc2OCc2ccccc2)o1. The molecule has 4 rings (SSSR count). The minimum absolute atomic E-state index is 0.0727. The molecule has 1 amide bonds. The number of benzene rings is 3. The van der Waals surface area contributed by atoms with Gasteiger partial charge in [0.2, 0.25) is 0 Å². The molecule has 3 aromatic carbocycles. The van der Waals surface area contributed by atoms with Gasteiger partial charge in [-0.05, 0) is 48.0 Å². The fourth-order valence-electron chi connectivity index (χ4n) is 3.14. The molecule has 0 saturated heterocycles. The highest BCUT2D eigenvalue weighted by Gasteiger charge is 2.17. The molecule has 162 valence electrons. The number of nitrogens with one attached hydrogen (secondary N) is 1. The Kier molecular flexibility index (Phi) is 6.52. The number of halogens is 3. The van der Waals surface area contributed by atoms with Gasteiger partial charge in [0.25, 0.3) is 5.91 Å². The summed E-state index contributed by atoms with van der Waals surface area (Å²) in [6, 6.07) is 21.4. The molecular weight excluding hydrogens is 436 g/mol. The molecule has 0 radical (unpaired) electrons. The van der Waals surface area contributed by atoms with Crippen molar-refractivity contribution in [1.29, 1.82) is 0 Å². The van der Waals surface area contributed by atoms with Gasteiger partial charge >= 0.3 is 0 Å². The molecule has 0 atom stereocenters. The quantitative estimate of drug-likeness (QED) is 0.341. The first-order chi connectivity index (χ1) is 15.5. The molecule has 0 unspecified atom stereocenters. The number of rotatable bonds is 7. The van der Waals surface area contributed by atoms with Crippen LogP contribution in [0.1, 0.15) is 27.4 Å². The molecule has 0 aliphatic carbocycles. The molecular formula is C25H18ClF2NO3. The number of hydrogen-bond donors (Lipinski definition) is 1. The standard InChI is InChI=1S/C25H18ClF2NO3/c26-18-9-11-22(31-15-16-5-2-1-3-6-16)17(13-18)14-19-10-12-23(32-19)25(30)29-24-20(27)7-4-8-21(24)28/h1-13H,14-15H2,(H,29,30). The molecule has 0 saturated carbocycles. The summed E-state index contributed by atoms with van der Waals surface area (Å²) < 4.78 is 39.1. The molecule has 4 nitrogen and oxygen atoms in total. The van der Waals surface area contributed by atoms with Gasteiger partial charge in [0.05, 0.1) is 0 Å². The van der Waals surface area contributed by atoms with Crippen LogP contribution in [0.5, 0.6) is 5.75 Å². The maximum absolute atomic E-state index is 13.8. The van der Waals surface area contributed by atoms with Crippen molar-refractivity contribution in [2.45, 2.75) is 13.0 Å². The predicted octanol–water partition coefficient (Wildman–Crippen LogP) is 6.63. The Morgan fingerprint density at radius 2 is 1.69 bits per heavy atom. The normalized spacial score (nSPS) is 10.7. The summed E-state index contributed by atoms with van der Waals surface area (Å²) in [5.74, 6) is -1.47. The van der Waals surface area contributed by atoms with Gasteiger partial charge in [0.15, 0.2) is 5.76 Å². The van der Waals surface area contributed by atoms with Gasteiger partial charge in [0, 0.05) is 17.0 Å². The van der Waals surface area contributed by atoms with Gasteiger partial charge < -0.3 is 14.5 Å². The van der Waals surface area contributed by atoms with Crippen molar-refractivity contribution in [3.05, 3.63) is 118 Å². The van der Waals surface area contributed by atoms with E-state index in [2.05, 4.69) is 5.32 Å². The lowest BCUT2D eigenvalue weighted by Crippen LogP contribution is -2.13. The Morgan fingerprint density at radius 1 is 0.938 bits per heavy atom. The third-order valence-corrected chi connectivity index (χ3v) is 4.95. The summed E-state index contributed by atoms with van der Waals surface area (Å²) in [6.07, 6.45) is 0.312. The van der Waals surface area contributed by atoms with E-state index < -0.39 is 23.2 Å². The van der Waals surface area contributed by atoms with E-state index in [1.807, 2.05) is 30.3 Å². The molecule has 1 heterocycles. The summed E-state index contributed by atoms with van der Waals surface area (Å²) >= 11 is 6.15. The number of hydrogen-bond acceptors (Lipinski definition) is 3. The van der Waals surface area contributed by atoms with Crippen LogP contribution < -0.4 is 10.1 Å². The van der Waals surface area contributed by atoms with Gasteiger partial charge in [-0.3, -0.25) is 4.79 Å². The predicted molar refractivity (Wildman–Crippen MR) is 118 cm³/mol. The maximum Gasteiger partial charge on any atom is 0.291 e. The van der Waals surface area contributed by atoms with Crippen molar-refractivity contribution < 1.29 is 22.7 Å². The Morgan fingerprint density at radius 3 is 2.44 bits per heavy atom. The first-order valence-corrected chi connectivity index (χ1v) is 10.2. The van der Waals surface area contributed by atoms with Gasteiger partial charge in [-0.15, -0.1) is 0 Å². The van der Waals surface area contributed by atoms with E-state index in [4.69, 9.17) is 20.8 Å². The molecule has 1 aromatic heterocycles. The monoisotopic (exact) mass is 453 g/mol. The summed E-state index contributed by atoms with van der Waals surface area (Å²) in [7, 11) is 0. The van der Waals surface area contributed by atoms with Crippen LogP contribution >= 0.6 is 11.6 Å². The van der Waals surface area contributed by atoms with E-state index in [1.54, 1.807) is 24.3 Å². The summed E-state index contributed by atoms with van der Waals surface area (Å²) in [5.41, 5.74) is 1.27. The van der Waals surface area contributed by atoms with E-state index in [1.165, 1.54) is 12.1 Å². The second kappa shape index (κ2) is 9.66. The van der Waals surface area contributed by atoms with Crippen molar-refractivity contribution in [2.75, 3.05) is 5.32 Å². The zero-order valence-electron chi connectivity index (χ0n) is 16.8. The Hall–Kier alpha value is -3.64. The summed E-state index contributed by atoms with van der Waals surface area (Å²) in [4.78, 5) is 12.4. The highest BCUT2D eigenvalue weighted by Crippen LogP contribution is 2.27. The lowest BCUT2D eigenvalue weighted by molar-refractivity contribution is 0.0994. The topological polar surface area (TPSA) is 51.5 Å². The van der Waals surface area contributed by atoms with E-state index in [-0.39, 0.29) is 5.76 Å². The van der Waals surface area contributed by atoms with E-state index in [0.717, 1.165) is 23.3 Å². The van der Waals surface area contributed by atoms with Crippen molar-refractivity contribution in [3.63, 3.8) is 0 Å². The lowest BCUT2D eigenvalue weighted by atomic mass is 10.1. The van der Waals surface area contributed by atoms with E-state index in [0.29, 0.717) is 29.6 Å². The first kappa shape index (κ1) is 21.6. The fourth-order valence-corrected chi connectivity index (χ4v) is 3.33. The Labute approximate surface area is 188 Å². The Bertz CT molecular complexity index is 1220. The molecule has 1 N–H and O–H groups in total. The van der Waals surface area contributed by atoms with Crippen LogP contribution in [0.3, 0.4) is 0 Å². The third kappa shape index (κ3) is 5.15. The average molecular weight is 454 g/mol. The largest absolute Gasteiger partial charge is 0.489 e. The number of para-hydroxylation sites is 1. The molecule has 4 aromatic rings. The van der Waals surface area contributed by atoms with Gasteiger partial charge in [0.1, 0.15) is 35.4 Å². The molecule has 0 fully saturated rings. The molecule has 7 heteroatoms. The lowest BCUT2D eigenvalue weighted by Gasteiger charge is -2.11.